The Morgan fingerprint density at radius 2 is 1.13 bits per heavy atom. The van der Waals surface area contributed by atoms with Gasteiger partial charge in [-0.05, 0) is 122 Å². The van der Waals surface area contributed by atoms with E-state index < -0.39 is 27.3 Å². The molecule has 4 aliphatic heterocycles. The number of likely N-dealkylation sites (tertiary alicyclic amines) is 2. The number of piperidine rings is 2. The van der Waals surface area contributed by atoms with Crippen LogP contribution in [0.25, 0.3) is 21.8 Å². The Bertz CT molecular complexity index is 2490. The Hall–Kier alpha value is -5.05. The van der Waals surface area contributed by atoms with E-state index in [4.69, 9.17) is 9.47 Å². The molecule has 8 rings (SSSR count). The van der Waals surface area contributed by atoms with E-state index in [1.54, 1.807) is 34.9 Å². The number of H-pyrrole nitrogens is 1. The molecule has 0 radical (unpaired) electrons. The lowest BCUT2D eigenvalue weighted by molar-refractivity contribution is 0.0214. The summed E-state index contributed by atoms with van der Waals surface area (Å²) in [5, 5.41) is 1.74. The van der Waals surface area contributed by atoms with E-state index in [-0.39, 0.29) is 30.2 Å². The van der Waals surface area contributed by atoms with Gasteiger partial charge >= 0.3 is 12.2 Å². The molecule has 15 heteroatoms. The monoisotopic (exact) mass is 886 g/mol. The van der Waals surface area contributed by atoms with E-state index in [1.165, 1.54) is 3.97 Å². The molecule has 4 aromatic rings. The number of carbonyl (C=O) groups excluding carboxylic acids is 4. The third-order valence-electron chi connectivity index (χ3n) is 12.7. The quantitative estimate of drug-likeness (QED) is 0.215. The summed E-state index contributed by atoms with van der Waals surface area (Å²) in [6, 6.07) is 11.2. The number of hydrogen-bond acceptors (Lipinski definition) is 8. The van der Waals surface area contributed by atoms with Crippen molar-refractivity contribution in [3.05, 3.63) is 70.0 Å². The minimum absolute atomic E-state index is 0.0338. The molecule has 2 aromatic heterocycles. The highest BCUT2D eigenvalue weighted by Crippen LogP contribution is 2.35. The molecule has 0 bridgehead atoms. The average Bonchev–Trinajstić information content (AvgIpc) is 3.77. The molecule has 14 nitrogen and oxygen atoms in total. The SMILES string of the molecule is CC1CCN(C(=O)c2ccc3[nH]c4c(c3c2)CN(C(=O)OC(C)(C)C)CC4)CC1.CCS(=O)(=O)n1c2c(c3cc(C(=O)N4CCC(C)CC4)ccc31)CN(C(=O)OC(C)(C)C)CC2. The third kappa shape index (κ3) is 10.2. The molecule has 2 saturated heterocycles. The second kappa shape index (κ2) is 17.8. The topological polar surface area (TPSA) is 155 Å². The number of rotatable bonds is 4. The van der Waals surface area contributed by atoms with Crippen LogP contribution in [-0.2, 0) is 45.4 Å². The van der Waals surface area contributed by atoms with Crippen LogP contribution in [0, 0.1) is 11.8 Å². The summed E-state index contributed by atoms with van der Waals surface area (Å²) in [6.07, 6.45) is 4.56. The van der Waals surface area contributed by atoms with Crippen molar-refractivity contribution in [1.29, 1.82) is 0 Å². The van der Waals surface area contributed by atoms with E-state index in [1.807, 2.05) is 69.5 Å². The predicted molar refractivity (Wildman–Crippen MR) is 244 cm³/mol. The minimum Gasteiger partial charge on any atom is -0.444 e. The number of amides is 4. The van der Waals surface area contributed by atoms with Crippen molar-refractivity contribution in [1.82, 2.24) is 28.6 Å². The fraction of sp³-hybridized carbons (Fsp3) is 0.583. The Morgan fingerprint density at radius 3 is 1.63 bits per heavy atom. The van der Waals surface area contributed by atoms with Crippen molar-refractivity contribution in [2.24, 2.45) is 11.8 Å². The molecule has 2 fully saturated rings. The average molecular weight is 887 g/mol. The van der Waals surface area contributed by atoms with Crippen molar-refractivity contribution >= 4 is 55.8 Å². The Morgan fingerprint density at radius 1 is 0.651 bits per heavy atom. The van der Waals surface area contributed by atoms with Gasteiger partial charge in [0.05, 0.1) is 24.4 Å². The zero-order valence-corrected chi connectivity index (χ0v) is 39.5. The van der Waals surface area contributed by atoms with E-state index in [0.717, 1.165) is 91.6 Å². The Kier molecular flexibility index (Phi) is 13.0. The molecule has 0 spiro atoms. The molecule has 342 valence electrons. The molecule has 0 aliphatic carbocycles. The number of hydrogen-bond donors (Lipinski definition) is 1. The summed E-state index contributed by atoms with van der Waals surface area (Å²) in [5.74, 6) is 1.34. The number of carbonyl (C=O) groups is 4. The summed E-state index contributed by atoms with van der Waals surface area (Å²) in [7, 11) is -3.56. The largest absolute Gasteiger partial charge is 0.444 e. The first kappa shape index (κ1) is 46.0. The molecule has 4 amide bonds. The molecule has 0 unspecified atom stereocenters. The zero-order chi connectivity index (χ0) is 45.6. The highest BCUT2D eigenvalue weighted by Gasteiger charge is 2.34. The minimum atomic E-state index is -3.56. The molecule has 63 heavy (non-hydrogen) atoms. The highest BCUT2D eigenvalue weighted by atomic mass is 32.2. The first-order chi connectivity index (χ1) is 29.6. The lowest BCUT2D eigenvalue weighted by Gasteiger charge is -2.31. The zero-order valence-electron chi connectivity index (χ0n) is 38.6. The maximum absolute atomic E-state index is 13.2. The predicted octanol–water partition coefficient (Wildman–Crippen LogP) is 8.34. The molecule has 2 aromatic carbocycles. The van der Waals surface area contributed by atoms with Crippen LogP contribution in [0.1, 0.15) is 131 Å². The van der Waals surface area contributed by atoms with E-state index in [9.17, 15) is 27.6 Å². The molecule has 0 atom stereocenters. The normalized spacial score (nSPS) is 17.9. The van der Waals surface area contributed by atoms with Crippen molar-refractivity contribution in [2.45, 2.75) is 125 Å². The number of fused-ring (bicyclic) bond motifs is 6. The van der Waals surface area contributed by atoms with Crippen LogP contribution in [0.3, 0.4) is 0 Å². The van der Waals surface area contributed by atoms with Gasteiger partial charge in [-0.1, -0.05) is 13.8 Å². The number of benzene rings is 2. The number of nitrogens with one attached hydrogen (secondary N) is 1. The van der Waals surface area contributed by atoms with Crippen LogP contribution < -0.4 is 0 Å². The Balaban J connectivity index is 0.000000191. The van der Waals surface area contributed by atoms with Gasteiger partial charge in [0.1, 0.15) is 11.2 Å². The second-order valence-corrected chi connectivity index (χ2v) is 22.0. The van der Waals surface area contributed by atoms with Gasteiger partial charge in [-0.25, -0.2) is 22.0 Å². The lowest BCUT2D eigenvalue weighted by Crippen LogP contribution is -2.40. The first-order valence-electron chi connectivity index (χ1n) is 22.7. The van der Waals surface area contributed by atoms with Gasteiger partial charge in [0, 0.05) is 102 Å². The van der Waals surface area contributed by atoms with Gasteiger partial charge in [0.25, 0.3) is 11.8 Å². The first-order valence-corrected chi connectivity index (χ1v) is 24.3. The molecule has 6 heterocycles. The van der Waals surface area contributed by atoms with Gasteiger partial charge < -0.3 is 34.1 Å². The Labute approximate surface area is 372 Å². The van der Waals surface area contributed by atoms with Crippen molar-refractivity contribution in [2.75, 3.05) is 45.0 Å². The van der Waals surface area contributed by atoms with E-state index >= 15 is 0 Å². The number of aromatic nitrogens is 2. The number of ether oxygens (including phenoxy) is 2. The summed E-state index contributed by atoms with van der Waals surface area (Å²) < 4.78 is 38.6. The van der Waals surface area contributed by atoms with Crippen LogP contribution in [-0.4, -0.2) is 117 Å². The number of nitrogens with zero attached hydrogens (tertiary/aromatic N) is 5. The molecular weight excluding hydrogens is 821 g/mol. The standard InChI is InChI=1S/C25H35N3O5S.C23H31N3O3/c1-6-34(31,32)28-21-8-7-18(23(29)26-12-9-17(2)10-13-26)15-19(21)20-16-27(14-11-22(20)28)24(30)33-25(3,4)5;1-15-7-10-25(11-8-15)21(27)16-5-6-19-17(13-16)18-14-26(12-9-20(18)24-19)22(28)29-23(2,3)4/h7-8,15,17H,6,9-14,16H2,1-5H3;5-6,13,15,24H,7-12,14H2,1-4H3. The summed E-state index contributed by atoms with van der Waals surface area (Å²) >= 11 is 0. The van der Waals surface area contributed by atoms with Gasteiger partial charge in [-0.2, -0.15) is 0 Å². The van der Waals surface area contributed by atoms with E-state index in [2.05, 4.69) is 18.8 Å². The van der Waals surface area contributed by atoms with Gasteiger partial charge in [-0.15, -0.1) is 0 Å². The maximum Gasteiger partial charge on any atom is 0.410 e. The van der Waals surface area contributed by atoms with Crippen LogP contribution >= 0.6 is 0 Å². The summed E-state index contributed by atoms with van der Waals surface area (Å²) in [6.45, 7) is 22.0. The molecule has 1 N–H and O–H groups in total. The third-order valence-corrected chi connectivity index (χ3v) is 14.4. The molecule has 0 saturated carbocycles. The fourth-order valence-corrected chi connectivity index (χ4v) is 10.3. The smallest absolute Gasteiger partial charge is 0.410 e. The van der Waals surface area contributed by atoms with Crippen molar-refractivity contribution in [3.63, 3.8) is 0 Å². The van der Waals surface area contributed by atoms with Crippen molar-refractivity contribution < 1.29 is 37.1 Å². The lowest BCUT2D eigenvalue weighted by atomic mass is 9.98. The fourth-order valence-electron chi connectivity index (χ4n) is 9.00. The van der Waals surface area contributed by atoms with Crippen LogP contribution in [0.15, 0.2) is 36.4 Å². The second-order valence-electron chi connectivity index (χ2n) is 19.9. The van der Waals surface area contributed by atoms with Crippen LogP contribution in [0.4, 0.5) is 9.59 Å². The van der Waals surface area contributed by atoms with Gasteiger partial charge in [0.15, 0.2) is 0 Å². The van der Waals surface area contributed by atoms with Crippen molar-refractivity contribution in [3.8, 4) is 0 Å². The van der Waals surface area contributed by atoms with Crippen LogP contribution in [0.5, 0.6) is 0 Å². The molecular formula is C48H66N6O8S. The summed E-state index contributed by atoms with van der Waals surface area (Å²) in [5.41, 5.74) is 5.42. The van der Waals surface area contributed by atoms with Gasteiger partial charge in [-0.3, -0.25) is 9.59 Å². The van der Waals surface area contributed by atoms with Gasteiger partial charge in [0.2, 0.25) is 10.0 Å². The van der Waals surface area contributed by atoms with E-state index in [0.29, 0.717) is 60.1 Å². The number of aromatic amines is 1. The highest BCUT2D eigenvalue weighted by molar-refractivity contribution is 7.90. The molecule has 4 aliphatic rings. The maximum atomic E-state index is 13.2. The summed E-state index contributed by atoms with van der Waals surface area (Å²) in [4.78, 5) is 62.2. The van der Waals surface area contributed by atoms with Crippen LogP contribution in [0.2, 0.25) is 0 Å².